The molecule has 1 aliphatic carbocycles. The van der Waals surface area contributed by atoms with Crippen molar-refractivity contribution in [2.75, 3.05) is 13.1 Å². The van der Waals surface area contributed by atoms with E-state index in [1.807, 2.05) is 4.90 Å². The second kappa shape index (κ2) is 9.94. The number of rotatable bonds is 6. The number of fused-ring (bicyclic) bond motifs is 3. The minimum atomic E-state index is -4.54. The molecule has 0 spiro atoms. The van der Waals surface area contributed by atoms with Crippen LogP contribution < -0.4 is 5.32 Å². The van der Waals surface area contributed by atoms with E-state index >= 15 is 0 Å². The number of carbonyl (C=O) groups is 3. The summed E-state index contributed by atoms with van der Waals surface area (Å²) < 4.78 is 46.4. The fourth-order valence-corrected chi connectivity index (χ4v) is 6.61. The highest BCUT2D eigenvalue weighted by Crippen LogP contribution is 2.48. The van der Waals surface area contributed by atoms with E-state index in [2.05, 4.69) is 11.4 Å². The first-order valence-corrected chi connectivity index (χ1v) is 13.6. The van der Waals surface area contributed by atoms with E-state index in [1.54, 1.807) is 32.6 Å². The van der Waals surface area contributed by atoms with Crippen LogP contribution >= 0.6 is 0 Å². The topological polar surface area (TPSA) is 106 Å². The number of hydrogen-bond donors (Lipinski definition) is 1. The third kappa shape index (κ3) is 5.23. The monoisotopic (exact) mass is 561 g/mol. The first-order chi connectivity index (χ1) is 18.7. The minimum Gasteiger partial charge on any atom is -0.444 e. The van der Waals surface area contributed by atoms with Crippen molar-refractivity contribution in [3.8, 4) is 6.07 Å². The molecule has 3 heterocycles. The van der Waals surface area contributed by atoms with E-state index in [0.717, 1.165) is 12.5 Å². The van der Waals surface area contributed by atoms with Crippen molar-refractivity contribution in [3.05, 3.63) is 35.4 Å². The molecule has 7 atom stereocenters. The Morgan fingerprint density at radius 2 is 1.88 bits per heavy atom. The number of likely N-dealkylation sites (tertiary alicyclic amines) is 3. The van der Waals surface area contributed by atoms with E-state index in [1.165, 1.54) is 23.1 Å². The standard InChI is InChI=1S/C28H34F3N5O4/c1-15(19-7-5-6-8-20(19)28(29,30)31)35-18-11-23(25(35)38)34(13-18)14-21(33-26(39)40-27(2,3)4)24(37)36-17(12-32)9-16-10-22(16)36/h5-8,15-18,21-23H,9-11,13-14H2,1-4H3,(H,33,39)/t15?,16-,17?,18?,21?,22+,23?/m1/s1. The van der Waals surface area contributed by atoms with Gasteiger partial charge in [0.1, 0.15) is 17.7 Å². The van der Waals surface area contributed by atoms with Crippen molar-refractivity contribution in [1.82, 2.24) is 20.0 Å². The average Bonchev–Trinajstić information content (AvgIpc) is 3.18. The summed E-state index contributed by atoms with van der Waals surface area (Å²) in [6.45, 7) is 7.09. The third-order valence-electron chi connectivity index (χ3n) is 8.36. The third-order valence-corrected chi connectivity index (χ3v) is 8.36. The van der Waals surface area contributed by atoms with Gasteiger partial charge in [-0.25, -0.2) is 4.79 Å². The summed E-state index contributed by atoms with van der Waals surface area (Å²) in [7, 11) is 0. The summed E-state index contributed by atoms with van der Waals surface area (Å²) in [5.74, 6) is -0.403. The molecule has 12 heteroatoms. The number of alkyl carbamates (subject to hydrolysis) is 1. The van der Waals surface area contributed by atoms with Gasteiger partial charge in [0.2, 0.25) is 11.8 Å². The second-order valence-electron chi connectivity index (χ2n) is 12.3. The summed E-state index contributed by atoms with van der Waals surface area (Å²) in [5.41, 5.74) is -1.52. The molecule has 1 aromatic carbocycles. The predicted molar refractivity (Wildman–Crippen MR) is 136 cm³/mol. The molecule has 4 fully saturated rings. The summed E-state index contributed by atoms with van der Waals surface area (Å²) >= 11 is 0. The number of amides is 3. The second-order valence-corrected chi connectivity index (χ2v) is 12.3. The van der Waals surface area contributed by atoms with Crippen LogP contribution in [0.5, 0.6) is 0 Å². The number of piperazine rings is 1. The van der Waals surface area contributed by atoms with Gasteiger partial charge in [-0.05, 0) is 64.5 Å². The van der Waals surface area contributed by atoms with Crippen LogP contribution in [-0.2, 0) is 20.5 Å². The fourth-order valence-electron chi connectivity index (χ4n) is 6.61. The lowest BCUT2D eigenvalue weighted by Gasteiger charge is -2.39. The largest absolute Gasteiger partial charge is 0.444 e. The molecule has 9 nitrogen and oxygen atoms in total. The first-order valence-electron chi connectivity index (χ1n) is 13.6. The van der Waals surface area contributed by atoms with Crippen molar-refractivity contribution < 1.29 is 32.3 Å². The van der Waals surface area contributed by atoms with Gasteiger partial charge in [0.25, 0.3) is 0 Å². The van der Waals surface area contributed by atoms with Crippen LogP contribution in [0.2, 0.25) is 0 Å². The Bertz CT molecular complexity index is 1240. The molecule has 3 saturated heterocycles. The lowest BCUT2D eigenvalue weighted by atomic mass is 9.99. The highest BCUT2D eigenvalue weighted by atomic mass is 19.4. The predicted octanol–water partition coefficient (Wildman–Crippen LogP) is 3.46. The number of alkyl halides is 3. The molecule has 40 heavy (non-hydrogen) atoms. The molecule has 1 aromatic rings. The molecule has 0 radical (unpaired) electrons. The molecule has 4 aliphatic rings. The normalized spacial score (nSPS) is 29.1. The Kier molecular flexibility index (Phi) is 7.01. The number of nitrogens with zero attached hydrogens (tertiary/aromatic N) is 4. The van der Waals surface area contributed by atoms with Gasteiger partial charge in [-0.3, -0.25) is 14.5 Å². The highest BCUT2D eigenvalue weighted by Gasteiger charge is 2.57. The smallest absolute Gasteiger partial charge is 0.416 e. The fraction of sp³-hybridized carbons (Fsp3) is 0.643. The number of piperidine rings is 1. The lowest BCUT2D eigenvalue weighted by molar-refractivity contribution is -0.144. The molecule has 3 aliphatic heterocycles. The lowest BCUT2D eigenvalue weighted by Crippen LogP contribution is -2.59. The quantitative estimate of drug-likeness (QED) is 0.571. The number of nitrogens with one attached hydrogen (secondary N) is 1. The Labute approximate surface area is 231 Å². The molecule has 0 aromatic heterocycles. The van der Waals surface area contributed by atoms with E-state index in [9.17, 15) is 32.8 Å². The van der Waals surface area contributed by atoms with Crippen LogP contribution in [-0.4, -0.2) is 81.5 Å². The molecule has 3 amide bonds. The van der Waals surface area contributed by atoms with Crippen LogP contribution in [0, 0.1) is 17.2 Å². The summed E-state index contributed by atoms with van der Waals surface area (Å²) in [5, 5.41) is 12.3. The zero-order chi connectivity index (χ0) is 29.1. The number of halogens is 3. The number of hydrogen-bond acceptors (Lipinski definition) is 6. The van der Waals surface area contributed by atoms with Crippen LogP contribution in [0.15, 0.2) is 24.3 Å². The zero-order valence-electron chi connectivity index (χ0n) is 22.9. The number of ether oxygens (including phenoxy) is 1. The van der Waals surface area contributed by atoms with Gasteiger partial charge in [-0.15, -0.1) is 0 Å². The molecule has 5 rings (SSSR count). The Morgan fingerprint density at radius 3 is 2.50 bits per heavy atom. The number of nitriles is 1. The number of carbonyl (C=O) groups excluding carboxylic acids is 3. The number of benzene rings is 1. The average molecular weight is 562 g/mol. The molecular formula is C28H34F3N5O4. The van der Waals surface area contributed by atoms with Crippen molar-refractivity contribution >= 4 is 17.9 Å². The van der Waals surface area contributed by atoms with E-state index in [-0.39, 0.29) is 41.9 Å². The van der Waals surface area contributed by atoms with Crippen LogP contribution in [0.3, 0.4) is 0 Å². The Morgan fingerprint density at radius 1 is 1.18 bits per heavy atom. The van der Waals surface area contributed by atoms with Crippen molar-refractivity contribution in [2.45, 2.75) is 95.0 Å². The van der Waals surface area contributed by atoms with Gasteiger partial charge in [0, 0.05) is 25.2 Å². The van der Waals surface area contributed by atoms with Crippen LogP contribution in [0.25, 0.3) is 0 Å². The molecule has 216 valence electrons. The molecule has 1 N–H and O–H groups in total. The maximum absolute atomic E-state index is 13.7. The molecule has 5 unspecified atom stereocenters. The maximum atomic E-state index is 13.7. The maximum Gasteiger partial charge on any atom is 0.416 e. The van der Waals surface area contributed by atoms with Crippen molar-refractivity contribution in [2.24, 2.45) is 5.92 Å². The van der Waals surface area contributed by atoms with Gasteiger partial charge < -0.3 is 19.9 Å². The van der Waals surface area contributed by atoms with Gasteiger partial charge in [-0.2, -0.15) is 18.4 Å². The SMILES string of the molecule is CC(c1ccccc1C(F)(F)F)N1C(=O)C2CC1CN2CC(NC(=O)OC(C)(C)C)C(=O)N1C(C#N)C[C@@H]2C[C@@H]21. The zero-order valence-corrected chi connectivity index (χ0v) is 22.9. The van der Waals surface area contributed by atoms with Crippen LogP contribution in [0.1, 0.15) is 64.1 Å². The van der Waals surface area contributed by atoms with Crippen LogP contribution in [0.4, 0.5) is 18.0 Å². The van der Waals surface area contributed by atoms with Gasteiger partial charge in [-0.1, -0.05) is 18.2 Å². The Balaban J connectivity index is 1.33. The van der Waals surface area contributed by atoms with Crippen molar-refractivity contribution in [3.63, 3.8) is 0 Å². The summed E-state index contributed by atoms with van der Waals surface area (Å²) in [6.07, 6.45) is -3.48. The minimum absolute atomic E-state index is 0.0261. The van der Waals surface area contributed by atoms with E-state index in [0.29, 0.717) is 19.4 Å². The van der Waals surface area contributed by atoms with E-state index in [4.69, 9.17) is 4.74 Å². The van der Waals surface area contributed by atoms with Gasteiger partial charge in [0.15, 0.2) is 0 Å². The summed E-state index contributed by atoms with van der Waals surface area (Å²) in [6, 6.07) is 4.08. The summed E-state index contributed by atoms with van der Waals surface area (Å²) in [4.78, 5) is 44.8. The van der Waals surface area contributed by atoms with Crippen molar-refractivity contribution in [1.29, 1.82) is 5.26 Å². The van der Waals surface area contributed by atoms with Gasteiger partial charge >= 0.3 is 12.3 Å². The Hall–Kier alpha value is -3.33. The highest BCUT2D eigenvalue weighted by molar-refractivity contribution is 5.89. The molecular weight excluding hydrogens is 527 g/mol. The van der Waals surface area contributed by atoms with E-state index < -0.39 is 47.6 Å². The molecule has 1 saturated carbocycles. The molecule has 2 bridgehead atoms. The first kappa shape index (κ1) is 28.2. The van der Waals surface area contributed by atoms with Gasteiger partial charge in [0.05, 0.1) is 23.7 Å².